The SMILES string of the molecule is CO[C@@H]1[C@H](O)[C@@H](O[C@H]2[C@H](OC)[C@H](O)[C@@H](O[C@H]3[C@H](OC)[C@H](O)[C@@H](O[C@H]4[C@H](OC)[C@H](O)[C@@H](O[C@H]5[C@H](OC)[C@H](O)[C@@H](O[C@H]6[C@H](OC)[C@H](O)[C@@H](O[C@H]7[C@H](OC)[C@H](O)[C@@H](O[C@H]8[C@H](OC)[C@H](O)[C@@H](O[C@H]9[C@H](OC)[C@H](O)C(O)O[C@@H]9CO)O[C@@H]8CO)O[C@@H]7CO)O[C@@H]6CO)O[C@@H]5CO)O[C@@H]4CO)O[C@@H]3CO)O[C@@H]2CO)O[C@H](CO)[C@H]1O[C@H]1O[C@H](CO)[C@@H](O)[C@H](O)[C@@H]1O. The van der Waals surface area contributed by atoms with E-state index in [-0.39, 0.29) is 0 Å². The van der Waals surface area contributed by atoms with Crippen LogP contribution in [0.2, 0.25) is 0 Å². The maximum absolute atomic E-state index is 12.0. The third-order valence-corrected chi connectivity index (χ3v) is 23.1. The van der Waals surface area contributed by atoms with Crippen LogP contribution in [-0.4, -0.2) is 555 Å². The highest BCUT2D eigenvalue weighted by atomic mass is 16.8. The molecule has 0 amide bonds. The van der Waals surface area contributed by atoms with Crippen molar-refractivity contribution < 1.29 is 250 Å². The second-order valence-corrected chi connectivity index (χ2v) is 29.9. The first-order chi connectivity index (χ1) is 57.5. The van der Waals surface area contributed by atoms with Crippen molar-refractivity contribution in [2.45, 2.75) is 307 Å². The van der Waals surface area contributed by atoms with Gasteiger partial charge in [0.25, 0.3) is 0 Å². The van der Waals surface area contributed by atoms with Crippen molar-refractivity contribution in [3.63, 3.8) is 0 Å². The number of aliphatic hydroxyl groups is 23. The largest absolute Gasteiger partial charge is 0.394 e. The maximum atomic E-state index is 12.0. The summed E-state index contributed by atoms with van der Waals surface area (Å²) in [5.74, 6) is 0. The van der Waals surface area contributed by atoms with E-state index in [1.807, 2.05) is 0 Å². The molecule has 1 unspecified atom stereocenters. The Morgan fingerprint density at radius 2 is 0.283 bits per heavy atom. The smallest absolute Gasteiger partial charge is 0.187 e. The van der Waals surface area contributed by atoms with Gasteiger partial charge in [-0.1, -0.05) is 0 Å². The van der Waals surface area contributed by atoms with E-state index in [1.54, 1.807) is 0 Å². The molecule has 50 atom stereocenters. The zero-order valence-electron chi connectivity index (χ0n) is 66.7. The summed E-state index contributed by atoms with van der Waals surface area (Å²) in [7, 11) is 10.3. The van der Waals surface area contributed by atoms with Crippen molar-refractivity contribution in [1.82, 2.24) is 0 Å². The average molecular weight is 1770 g/mol. The zero-order valence-corrected chi connectivity index (χ0v) is 66.7. The molecule has 702 valence electrons. The highest BCUT2D eigenvalue weighted by Crippen LogP contribution is 2.43. The molecule has 10 fully saturated rings. The molecule has 51 heteroatoms. The molecule has 10 aliphatic heterocycles. The number of ether oxygens (including phenoxy) is 28. The summed E-state index contributed by atoms with van der Waals surface area (Å²) in [4.78, 5) is 0. The molecule has 0 spiro atoms. The van der Waals surface area contributed by atoms with Crippen molar-refractivity contribution in [2.24, 2.45) is 0 Å². The second kappa shape index (κ2) is 45.5. The van der Waals surface area contributed by atoms with Gasteiger partial charge in [0.15, 0.2) is 62.9 Å². The first kappa shape index (κ1) is 100. The number of aliphatic hydroxyl groups excluding tert-OH is 23. The summed E-state index contributed by atoms with van der Waals surface area (Å²) in [6, 6.07) is 0. The lowest BCUT2D eigenvalue weighted by Gasteiger charge is -2.51. The number of methoxy groups -OCH3 is 9. The van der Waals surface area contributed by atoms with Gasteiger partial charge >= 0.3 is 0 Å². The second-order valence-electron chi connectivity index (χ2n) is 29.9. The minimum atomic E-state index is -1.95. The molecule has 10 saturated heterocycles. The number of hydrogen-bond acceptors (Lipinski definition) is 51. The first-order valence-electron chi connectivity index (χ1n) is 38.7. The highest BCUT2D eigenvalue weighted by molar-refractivity contribution is 5.05. The van der Waals surface area contributed by atoms with Gasteiger partial charge in [-0.25, -0.2) is 0 Å². The minimum Gasteiger partial charge on any atom is -0.394 e. The van der Waals surface area contributed by atoms with Crippen LogP contribution in [0.25, 0.3) is 0 Å². The molecule has 120 heavy (non-hydrogen) atoms. The topological polar surface area (TPSA) is 724 Å². The Hall–Kier alpha value is -2.04. The van der Waals surface area contributed by atoms with Gasteiger partial charge in [-0.3, -0.25) is 0 Å². The molecule has 10 aliphatic rings. The lowest BCUT2D eigenvalue weighted by molar-refractivity contribution is -0.403. The van der Waals surface area contributed by atoms with Crippen molar-refractivity contribution in [3.8, 4) is 0 Å². The van der Waals surface area contributed by atoms with Crippen molar-refractivity contribution >= 4 is 0 Å². The Labute approximate surface area is 685 Å². The summed E-state index contributed by atoms with van der Waals surface area (Å²) in [6.45, 7) is -8.85. The Morgan fingerprint density at radius 1 is 0.150 bits per heavy atom. The van der Waals surface area contributed by atoms with Crippen LogP contribution in [0.5, 0.6) is 0 Å². The van der Waals surface area contributed by atoms with Gasteiger partial charge < -0.3 is 250 Å². The van der Waals surface area contributed by atoms with Gasteiger partial charge in [-0.2, -0.15) is 0 Å². The number of hydrogen-bond donors (Lipinski definition) is 23. The van der Waals surface area contributed by atoms with E-state index in [4.69, 9.17) is 133 Å². The van der Waals surface area contributed by atoms with E-state index in [0.29, 0.717) is 0 Å². The van der Waals surface area contributed by atoms with Crippen molar-refractivity contribution in [1.29, 1.82) is 0 Å². The molecule has 51 nitrogen and oxygen atoms in total. The van der Waals surface area contributed by atoms with Crippen LogP contribution in [0.1, 0.15) is 0 Å². The summed E-state index contributed by atoms with van der Waals surface area (Å²) < 4.78 is 165. The standard InChI is InChI=1S/C69H120O51/c1-93-51-33(83)60(92)102-21(11-71)42(51)113-62-35(85)53(95-3)44(23(13-73)105-62)115-64-37(87)55(97-5)46(25(15-75)107-64)117-66-39(89)57(99-7)48(27(17-77)109-66)119-68-41(91)59(101-9)50(29(19-79)111-68)120-69-40(90)58(100-8)49(28(18-78)110-69)118-67-38(88)56(98-6)47(26(16-76)108-67)116-65-36(86)54(96-4)45(24(14-74)106-65)114-63-34(84)52(94-2)43(22(12-72)104-63)112-61-32(82)31(81)30(80)20(10-70)103-61/h20-92H,10-19H2,1-9H3/t20-,21-,22-,23-,24-,25-,26-,27-,28-,29-,30-,31+,32+,33+,34+,35+,36+,37+,38+,39+,40+,41+,42-,43-,44-,45-,46-,47-,48-,49-,50-,51-,52-,53-,54-,55-,56-,57-,58-,59-,60?,61-,62-,63-,64-,65-,66-,67-,68-,69-/m1/s1. The zero-order chi connectivity index (χ0) is 87.7. The lowest BCUT2D eigenvalue weighted by Crippen LogP contribution is -2.69. The van der Waals surface area contributed by atoms with Crippen LogP contribution in [0.3, 0.4) is 0 Å². The Kier molecular flexibility index (Phi) is 37.9. The van der Waals surface area contributed by atoms with E-state index in [9.17, 15) is 117 Å². The van der Waals surface area contributed by atoms with Crippen molar-refractivity contribution in [2.75, 3.05) is 130 Å². The maximum Gasteiger partial charge on any atom is 0.187 e. The highest BCUT2D eigenvalue weighted by Gasteiger charge is 2.63. The van der Waals surface area contributed by atoms with Crippen LogP contribution < -0.4 is 0 Å². The summed E-state index contributed by atoms with van der Waals surface area (Å²) in [5.41, 5.74) is 0. The summed E-state index contributed by atoms with van der Waals surface area (Å²) >= 11 is 0. The molecule has 0 aliphatic carbocycles. The van der Waals surface area contributed by atoms with E-state index in [0.717, 1.165) is 56.9 Å². The molecule has 10 rings (SSSR count). The first-order valence-corrected chi connectivity index (χ1v) is 38.7. The third-order valence-electron chi connectivity index (χ3n) is 23.1. The van der Waals surface area contributed by atoms with Crippen LogP contribution in [-0.2, 0) is 133 Å². The Bertz CT molecular complexity index is 2940. The van der Waals surface area contributed by atoms with E-state index < -0.39 is 373 Å². The molecular weight excluding hydrogens is 1640 g/mol. The molecule has 0 aromatic heterocycles. The van der Waals surface area contributed by atoms with Gasteiger partial charge in [0, 0.05) is 64.0 Å². The Morgan fingerprint density at radius 3 is 0.433 bits per heavy atom. The predicted octanol–water partition coefficient (Wildman–Crippen LogP) is -16.9. The molecule has 0 aromatic carbocycles. The molecule has 0 radical (unpaired) electrons. The quantitative estimate of drug-likeness (QED) is 0.0275. The van der Waals surface area contributed by atoms with E-state index in [2.05, 4.69) is 0 Å². The Balaban J connectivity index is 0.750. The van der Waals surface area contributed by atoms with Crippen molar-refractivity contribution in [3.05, 3.63) is 0 Å². The molecule has 0 saturated carbocycles. The minimum absolute atomic E-state index is 0.749. The fraction of sp³-hybridized carbons (Fsp3) is 1.00. The molecule has 10 heterocycles. The monoisotopic (exact) mass is 1760 g/mol. The van der Waals surface area contributed by atoms with Crippen LogP contribution >= 0.6 is 0 Å². The van der Waals surface area contributed by atoms with E-state index in [1.165, 1.54) is 7.11 Å². The van der Waals surface area contributed by atoms with E-state index >= 15 is 0 Å². The lowest BCUT2D eigenvalue weighted by atomic mass is 9.94. The summed E-state index contributed by atoms with van der Waals surface area (Å²) in [6.07, 6.45) is -83.5. The van der Waals surface area contributed by atoms with Crippen LogP contribution in [0, 0.1) is 0 Å². The molecule has 0 bridgehead atoms. The van der Waals surface area contributed by atoms with Gasteiger partial charge in [0.1, 0.15) is 244 Å². The van der Waals surface area contributed by atoms with Gasteiger partial charge in [0.2, 0.25) is 0 Å². The van der Waals surface area contributed by atoms with Gasteiger partial charge in [0.05, 0.1) is 66.1 Å². The normalized spacial score (nSPS) is 50.6. The number of rotatable bonds is 37. The third kappa shape index (κ3) is 20.7. The van der Waals surface area contributed by atoms with Crippen LogP contribution in [0.4, 0.5) is 0 Å². The molecule has 0 aromatic rings. The van der Waals surface area contributed by atoms with Crippen LogP contribution in [0.15, 0.2) is 0 Å². The molecular formula is C69H120O51. The fourth-order valence-electron chi connectivity index (χ4n) is 16.8. The van der Waals surface area contributed by atoms with Gasteiger partial charge in [-0.05, 0) is 0 Å². The average Bonchev–Trinajstić information content (AvgIpc) is 0.766. The summed E-state index contributed by atoms with van der Waals surface area (Å²) in [5, 5.41) is 253. The predicted molar refractivity (Wildman–Crippen MR) is 373 cm³/mol. The van der Waals surface area contributed by atoms with Gasteiger partial charge in [-0.15, -0.1) is 0 Å². The molecule has 23 N–H and O–H groups in total. The fourth-order valence-corrected chi connectivity index (χ4v) is 16.8.